The smallest absolute Gasteiger partial charge is 0.334 e. The lowest BCUT2D eigenvalue weighted by atomic mass is 10.3. The Morgan fingerprint density at radius 2 is 2.16 bits per heavy atom. The number of H-pyrrole nitrogens is 1. The summed E-state index contributed by atoms with van der Waals surface area (Å²) in [5.41, 5.74) is -0.448. The summed E-state index contributed by atoms with van der Waals surface area (Å²) in [6, 6.07) is 3.18. The zero-order valence-electron chi connectivity index (χ0n) is 10.4. The molecule has 0 saturated heterocycles. The van der Waals surface area contributed by atoms with Crippen molar-refractivity contribution in [2.45, 2.75) is 13.8 Å². The number of rotatable bonds is 3. The molecule has 0 aliphatic heterocycles. The molecule has 0 spiro atoms. The number of halogens is 1. The van der Waals surface area contributed by atoms with Gasteiger partial charge in [-0.2, -0.15) is 0 Å². The van der Waals surface area contributed by atoms with Gasteiger partial charge in [0.05, 0.1) is 24.1 Å². The van der Waals surface area contributed by atoms with E-state index in [-0.39, 0.29) is 10.7 Å². The van der Waals surface area contributed by atoms with Gasteiger partial charge in [0.1, 0.15) is 5.15 Å². The molecule has 7 heteroatoms. The monoisotopic (exact) mass is 281 g/mol. The van der Waals surface area contributed by atoms with Crippen LogP contribution < -0.4 is 16.0 Å². The number of aromatic nitrogens is 3. The van der Waals surface area contributed by atoms with Crippen LogP contribution in [0.4, 0.5) is 0 Å². The van der Waals surface area contributed by atoms with Crippen LogP contribution in [0.25, 0.3) is 5.69 Å². The standard InChI is InChI=1S/C12H12ClN3O3/c1-3-19-9-5-4-8(6-14-9)16-11(17)7(2)10(13)15-12(16)18/h4-6H,3H2,1-2H3,(H,15,18). The molecule has 0 bridgehead atoms. The largest absolute Gasteiger partial charge is 0.478 e. The molecular weight excluding hydrogens is 270 g/mol. The Morgan fingerprint density at radius 3 is 2.74 bits per heavy atom. The van der Waals surface area contributed by atoms with E-state index in [4.69, 9.17) is 16.3 Å². The first-order valence-electron chi connectivity index (χ1n) is 5.65. The summed E-state index contributed by atoms with van der Waals surface area (Å²) in [7, 11) is 0. The number of ether oxygens (including phenoxy) is 1. The second-order valence-electron chi connectivity index (χ2n) is 3.80. The zero-order chi connectivity index (χ0) is 14.0. The summed E-state index contributed by atoms with van der Waals surface area (Å²) in [5.74, 6) is 0.432. The van der Waals surface area contributed by atoms with Gasteiger partial charge in [-0.15, -0.1) is 0 Å². The van der Waals surface area contributed by atoms with Crippen LogP contribution in [0.3, 0.4) is 0 Å². The van der Waals surface area contributed by atoms with Crippen molar-refractivity contribution in [3.8, 4) is 11.6 Å². The van der Waals surface area contributed by atoms with Crippen LogP contribution in [0.5, 0.6) is 5.88 Å². The van der Waals surface area contributed by atoms with E-state index in [0.29, 0.717) is 18.2 Å². The first-order chi connectivity index (χ1) is 9.04. The van der Waals surface area contributed by atoms with Crippen LogP contribution in [0.1, 0.15) is 12.5 Å². The molecule has 2 aromatic heterocycles. The predicted octanol–water partition coefficient (Wildman–Crippen LogP) is 1.28. The molecule has 1 N–H and O–H groups in total. The number of nitrogens with zero attached hydrogens (tertiary/aromatic N) is 2. The Kier molecular flexibility index (Phi) is 3.71. The summed E-state index contributed by atoms with van der Waals surface area (Å²) in [6.07, 6.45) is 1.40. The second kappa shape index (κ2) is 5.27. The molecule has 2 aromatic rings. The number of pyridine rings is 1. The van der Waals surface area contributed by atoms with Crippen LogP contribution in [0, 0.1) is 6.92 Å². The molecule has 0 amide bonds. The van der Waals surface area contributed by atoms with Crippen molar-refractivity contribution in [2.24, 2.45) is 0 Å². The van der Waals surface area contributed by atoms with Gasteiger partial charge in [-0.1, -0.05) is 11.6 Å². The van der Waals surface area contributed by atoms with E-state index in [9.17, 15) is 9.59 Å². The van der Waals surface area contributed by atoms with Gasteiger partial charge in [-0.3, -0.25) is 9.78 Å². The third kappa shape index (κ3) is 2.53. The van der Waals surface area contributed by atoms with Gasteiger partial charge in [-0.25, -0.2) is 14.3 Å². The van der Waals surface area contributed by atoms with Crippen molar-refractivity contribution >= 4 is 11.6 Å². The maximum atomic E-state index is 12.0. The van der Waals surface area contributed by atoms with Gasteiger partial charge in [0.2, 0.25) is 5.88 Å². The zero-order valence-corrected chi connectivity index (χ0v) is 11.2. The first-order valence-corrected chi connectivity index (χ1v) is 6.03. The lowest BCUT2D eigenvalue weighted by Crippen LogP contribution is -2.35. The van der Waals surface area contributed by atoms with Gasteiger partial charge >= 0.3 is 5.69 Å². The van der Waals surface area contributed by atoms with Gasteiger partial charge in [0.15, 0.2) is 0 Å². The van der Waals surface area contributed by atoms with E-state index >= 15 is 0 Å². The highest BCUT2D eigenvalue weighted by Crippen LogP contribution is 2.10. The highest BCUT2D eigenvalue weighted by atomic mass is 35.5. The lowest BCUT2D eigenvalue weighted by molar-refractivity contribution is 0.327. The van der Waals surface area contributed by atoms with E-state index in [1.54, 1.807) is 19.1 Å². The molecule has 0 saturated carbocycles. The van der Waals surface area contributed by atoms with Crippen molar-refractivity contribution in [1.82, 2.24) is 14.5 Å². The van der Waals surface area contributed by atoms with Crippen LogP contribution in [-0.2, 0) is 0 Å². The quantitative estimate of drug-likeness (QED) is 0.860. The molecule has 0 radical (unpaired) electrons. The minimum absolute atomic E-state index is 0.0464. The third-order valence-corrected chi connectivity index (χ3v) is 2.92. The van der Waals surface area contributed by atoms with Crippen LogP contribution in [0.2, 0.25) is 5.15 Å². The average molecular weight is 282 g/mol. The third-order valence-electron chi connectivity index (χ3n) is 2.54. The highest BCUT2D eigenvalue weighted by molar-refractivity contribution is 6.30. The average Bonchev–Trinajstić information content (AvgIpc) is 2.38. The molecule has 0 aliphatic carbocycles. The molecular formula is C12H12ClN3O3. The maximum absolute atomic E-state index is 12.0. The van der Waals surface area contributed by atoms with Crippen LogP contribution in [-0.4, -0.2) is 21.1 Å². The summed E-state index contributed by atoms with van der Waals surface area (Å²) in [5, 5.41) is 0.0464. The van der Waals surface area contributed by atoms with E-state index in [2.05, 4.69) is 9.97 Å². The van der Waals surface area contributed by atoms with Gasteiger partial charge in [0.25, 0.3) is 5.56 Å². The fraction of sp³-hybridized carbons (Fsp3) is 0.250. The second-order valence-corrected chi connectivity index (χ2v) is 4.18. The molecule has 0 unspecified atom stereocenters. The Balaban J connectivity index is 2.56. The molecule has 6 nitrogen and oxygen atoms in total. The minimum atomic E-state index is -0.605. The summed E-state index contributed by atoms with van der Waals surface area (Å²) in [6.45, 7) is 3.87. The van der Waals surface area contributed by atoms with Crippen molar-refractivity contribution in [3.05, 3.63) is 49.9 Å². The molecule has 100 valence electrons. The van der Waals surface area contributed by atoms with Crippen molar-refractivity contribution in [3.63, 3.8) is 0 Å². The first kappa shape index (κ1) is 13.4. The van der Waals surface area contributed by atoms with Gasteiger partial charge in [-0.05, 0) is 19.9 Å². The fourth-order valence-corrected chi connectivity index (χ4v) is 1.73. The number of hydrogen-bond acceptors (Lipinski definition) is 4. The number of hydrogen-bond donors (Lipinski definition) is 1. The van der Waals surface area contributed by atoms with E-state index in [1.165, 1.54) is 6.20 Å². The minimum Gasteiger partial charge on any atom is -0.478 e. The molecule has 0 fully saturated rings. The summed E-state index contributed by atoms with van der Waals surface area (Å²) < 4.78 is 6.17. The lowest BCUT2D eigenvalue weighted by Gasteiger charge is -2.07. The maximum Gasteiger partial charge on any atom is 0.334 e. The van der Waals surface area contributed by atoms with E-state index in [1.807, 2.05) is 6.92 Å². The van der Waals surface area contributed by atoms with Crippen LogP contribution >= 0.6 is 11.6 Å². The van der Waals surface area contributed by atoms with Crippen molar-refractivity contribution in [1.29, 1.82) is 0 Å². The normalized spacial score (nSPS) is 10.5. The molecule has 2 heterocycles. The molecule has 0 aromatic carbocycles. The summed E-state index contributed by atoms with van der Waals surface area (Å²) >= 11 is 5.74. The Labute approximate surface area is 113 Å². The number of aromatic amines is 1. The van der Waals surface area contributed by atoms with E-state index < -0.39 is 11.2 Å². The van der Waals surface area contributed by atoms with Crippen LogP contribution in [0.15, 0.2) is 27.9 Å². The van der Waals surface area contributed by atoms with Crippen molar-refractivity contribution < 1.29 is 4.74 Å². The molecule has 0 atom stereocenters. The summed E-state index contributed by atoms with van der Waals surface area (Å²) in [4.78, 5) is 30.2. The van der Waals surface area contributed by atoms with Gasteiger partial charge < -0.3 is 4.74 Å². The fourth-order valence-electron chi connectivity index (χ4n) is 1.57. The Hall–Kier alpha value is -2.08. The Bertz CT molecular complexity index is 704. The SMILES string of the molecule is CCOc1ccc(-n2c(=O)[nH]c(Cl)c(C)c2=O)cn1. The molecule has 0 aliphatic rings. The van der Waals surface area contributed by atoms with Crippen molar-refractivity contribution in [2.75, 3.05) is 6.61 Å². The number of nitrogens with one attached hydrogen (secondary N) is 1. The topological polar surface area (TPSA) is 77.0 Å². The predicted molar refractivity (Wildman–Crippen MR) is 71.4 cm³/mol. The molecule has 19 heavy (non-hydrogen) atoms. The van der Waals surface area contributed by atoms with E-state index in [0.717, 1.165) is 4.57 Å². The van der Waals surface area contributed by atoms with Gasteiger partial charge in [0, 0.05) is 6.07 Å². The Morgan fingerprint density at radius 1 is 1.42 bits per heavy atom. The highest BCUT2D eigenvalue weighted by Gasteiger charge is 2.10. The molecule has 2 rings (SSSR count).